The molecule has 0 aromatic heterocycles. The highest BCUT2D eigenvalue weighted by Crippen LogP contribution is 2.46. The van der Waals surface area contributed by atoms with Crippen molar-refractivity contribution < 1.29 is 9.13 Å². The van der Waals surface area contributed by atoms with Crippen molar-refractivity contribution in [2.45, 2.75) is 19.8 Å². The zero-order valence-corrected chi connectivity index (χ0v) is 12.0. The molecule has 1 saturated carbocycles. The number of ether oxygens (including phenoxy) is 1. The largest absolute Gasteiger partial charge is 0.491 e. The van der Waals surface area contributed by atoms with Crippen LogP contribution in [0.2, 0.25) is 0 Å². The molecule has 0 heterocycles. The smallest absolute Gasteiger partial charge is 0.167 e. The standard InChI is InChI=1S/C15H23FN2O/c1-4-19-14-6-5-12(9-13(14)16)18(3)11-15(7-8-15)10-17-2/h5-6,9,17H,4,7-8,10-11H2,1-3H3. The summed E-state index contributed by atoms with van der Waals surface area (Å²) in [6.45, 7) is 4.32. The van der Waals surface area contributed by atoms with Crippen molar-refractivity contribution in [3.05, 3.63) is 24.0 Å². The minimum atomic E-state index is -0.287. The molecule has 0 bridgehead atoms. The molecule has 1 fully saturated rings. The molecule has 1 aliphatic carbocycles. The van der Waals surface area contributed by atoms with Gasteiger partial charge in [0.2, 0.25) is 0 Å². The highest BCUT2D eigenvalue weighted by molar-refractivity contribution is 5.49. The maximum Gasteiger partial charge on any atom is 0.167 e. The number of nitrogens with zero attached hydrogens (tertiary/aromatic N) is 1. The van der Waals surface area contributed by atoms with Crippen LogP contribution in [0.4, 0.5) is 10.1 Å². The maximum absolute atomic E-state index is 13.8. The first-order valence-corrected chi connectivity index (χ1v) is 6.88. The summed E-state index contributed by atoms with van der Waals surface area (Å²) in [6, 6.07) is 5.19. The molecule has 0 aliphatic heterocycles. The molecule has 4 heteroatoms. The van der Waals surface area contributed by atoms with E-state index in [-0.39, 0.29) is 5.82 Å². The highest BCUT2D eigenvalue weighted by Gasteiger charge is 2.42. The Hall–Kier alpha value is -1.29. The molecule has 1 N–H and O–H groups in total. The SMILES string of the molecule is CCOc1ccc(N(C)CC2(CNC)CC2)cc1F. The molecule has 19 heavy (non-hydrogen) atoms. The van der Waals surface area contributed by atoms with Crippen LogP contribution in [0.5, 0.6) is 5.75 Å². The molecule has 0 amide bonds. The van der Waals surface area contributed by atoms with Gasteiger partial charge in [0, 0.05) is 37.3 Å². The van der Waals surface area contributed by atoms with Gasteiger partial charge in [-0.05, 0) is 38.9 Å². The lowest BCUT2D eigenvalue weighted by molar-refractivity contribution is 0.321. The number of rotatable bonds is 7. The Bertz CT molecular complexity index is 432. The Balaban J connectivity index is 2.03. The highest BCUT2D eigenvalue weighted by atomic mass is 19.1. The number of halogens is 1. The summed E-state index contributed by atoms with van der Waals surface area (Å²) in [5.74, 6) is 0.0423. The van der Waals surface area contributed by atoms with E-state index >= 15 is 0 Å². The Morgan fingerprint density at radius 3 is 2.68 bits per heavy atom. The normalized spacial score (nSPS) is 16.2. The Morgan fingerprint density at radius 2 is 2.16 bits per heavy atom. The van der Waals surface area contributed by atoms with Crippen molar-refractivity contribution in [1.29, 1.82) is 0 Å². The fourth-order valence-corrected chi connectivity index (χ4v) is 2.54. The van der Waals surface area contributed by atoms with Crippen molar-refractivity contribution in [1.82, 2.24) is 5.32 Å². The molecule has 0 atom stereocenters. The monoisotopic (exact) mass is 266 g/mol. The Kier molecular flexibility index (Phi) is 4.30. The fraction of sp³-hybridized carbons (Fsp3) is 0.600. The molecule has 0 unspecified atom stereocenters. The molecular weight excluding hydrogens is 243 g/mol. The van der Waals surface area contributed by atoms with E-state index in [1.165, 1.54) is 12.8 Å². The zero-order valence-electron chi connectivity index (χ0n) is 12.0. The van der Waals surface area contributed by atoms with E-state index in [1.54, 1.807) is 12.1 Å². The lowest BCUT2D eigenvalue weighted by Crippen LogP contribution is -2.32. The van der Waals surface area contributed by atoms with Crippen LogP contribution in [0.1, 0.15) is 19.8 Å². The van der Waals surface area contributed by atoms with E-state index in [9.17, 15) is 4.39 Å². The summed E-state index contributed by atoms with van der Waals surface area (Å²) < 4.78 is 19.0. The lowest BCUT2D eigenvalue weighted by Gasteiger charge is -2.25. The molecule has 3 nitrogen and oxygen atoms in total. The van der Waals surface area contributed by atoms with Gasteiger partial charge in [-0.15, -0.1) is 0 Å². The number of nitrogens with one attached hydrogen (secondary N) is 1. The molecule has 2 rings (SSSR count). The second kappa shape index (κ2) is 5.78. The van der Waals surface area contributed by atoms with Gasteiger partial charge in [-0.25, -0.2) is 4.39 Å². The van der Waals surface area contributed by atoms with Crippen molar-refractivity contribution >= 4 is 5.69 Å². The van der Waals surface area contributed by atoms with Crippen LogP contribution in [0.15, 0.2) is 18.2 Å². The third-order valence-corrected chi connectivity index (χ3v) is 3.74. The van der Waals surface area contributed by atoms with E-state index in [1.807, 2.05) is 27.1 Å². The van der Waals surface area contributed by atoms with Crippen molar-refractivity contribution in [3.63, 3.8) is 0 Å². The molecule has 0 saturated heterocycles. The van der Waals surface area contributed by atoms with E-state index in [2.05, 4.69) is 10.2 Å². The number of hydrogen-bond acceptors (Lipinski definition) is 3. The first-order valence-electron chi connectivity index (χ1n) is 6.88. The third kappa shape index (κ3) is 3.38. The van der Waals surface area contributed by atoms with Gasteiger partial charge in [-0.3, -0.25) is 0 Å². The van der Waals surface area contributed by atoms with Gasteiger partial charge in [0.1, 0.15) is 0 Å². The van der Waals surface area contributed by atoms with Crippen LogP contribution in [-0.2, 0) is 0 Å². The first-order chi connectivity index (χ1) is 9.10. The minimum absolute atomic E-state index is 0.287. The van der Waals surface area contributed by atoms with Crippen molar-refractivity contribution in [2.75, 3.05) is 38.7 Å². The fourth-order valence-electron chi connectivity index (χ4n) is 2.54. The second-order valence-corrected chi connectivity index (χ2v) is 5.43. The summed E-state index contributed by atoms with van der Waals surface area (Å²) in [5.41, 5.74) is 1.28. The van der Waals surface area contributed by atoms with Gasteiger partial charge < -0.3 is 15.0 Å². The minimum Gasteiger partial charge on any atom is -0.491 e. The summed E-state index contributed by atoms with van der Waals surface area (Å²) in [4.78, 5) is 2.13. The first kappa shape index (κ1) is 14.1. The summed E-state index contributed by atoms with van der Waals surface area (Å²) in [6.07, 6.45) is 2.50. The molecular formula is C15H23FN2O. The molecule has 0 spiro atoms. The van der Waals surface area contributed by atoms with Crippen LogP contribution in [0.3, 0.4) is 0 Å². The number of hydrogen-bond donors (Lipinski definition) is 1. The van der Waals surface area contributed by atoms with Crippen LogP contribution in [-0.4, -0.2) is 33.8 Å². The second-order valence-electron chi connectivity index (χ2n) is 5.43. The maximum atomic E-state index is 13.8. The van der Waals surface area contributed by atoms with Crippen molar-refractivity contribution in [2.24, 2.45) is 5.41 Å². The number of anilines is 1. The van der Waals surface area contributed by atoms with E-state index < -0.39 is 0 Å². The molecule has 1 aromatic rings. The van der Waals surface area contributed by atoms with E-state index in [0.717, 1.165) is 18.8 Å². The van der Waals surface area contributed by atoms with Crippen LogP contribution in [0, 0.1) is 11.2 Å². The third-order valence-electron chi connectivity index (χ3n) is 3.74. The van der Waals surface area contributed by atoms with E-state index in [4.69, 9.17) is 4.74 Å². The van der Waals surface area contributed by atoms with Gasteiger partial charge in [-0.2, -0.15) is 0 Å². The van der Waals surface area contributed by atoms with Gasteiger partial charge >= 0.3 is 0 Å². The molecule has 0 radical (unpaired) electrons. The van der Waals surface area contributed by atoms with Gasteiger partial charge in [0.25, 0.3) is 0 Å². The average molecular weight is 266 g/mol. The van der Waals surface area contributed by atoms with Crippen LogP contribution < -0.4 is 15.0 Å². The predicted molar refractivity (Wildman–Crippen MR) is 76.4 cm³/mol. The summed E-state index contributed by atoms with van der Waals surface area (Å²) in [5, 5.41) is 3.24. The number of benzene rings is 1. The molecule has 1 aromatic carbocycles. The molecule has 106 valence electrons. The quantitative estimate of drug-likeness (QED) is 0.821. The van der Waals surface area contributed by atoms with Gasteiger partial charge in [0.15, 0.2) is 11.6 Å². The zero-order chi connectivity index (χ0) is 13.9. The van der Waals surface area contributed by atoms with Gasteiger partial charge in [-0.1, -0.05) is 0 Å². The van der Waals surface area contributed by atoms with Crippen LogP contribution in [0.25, 0.3) is 0 Å². The predicted octanol–water partition coefficient (Wildman–Crippen LogP) is 2.66. The van der Waals surface area contributed by atoms with Crippen molar-refractivity contribution in [3.8, 4) is 5.75 Å². The Labute approximate surface area is 114 Å². The average Bonchev–Trinajstić information content (AvgIpc) is 3.12. The Morgan fingerprint density at radius 1 is 1.42 bits per heavy atom. The lowest BCUT2D eigenvalue weighted by atomic mass is 10.1. The summed E-state index contributed by atoms with van der Waals surface area (Å²) >= 11 is 0. The topological polar surface area (TPSA) is 24.5 Å². The van der Waals surface area contributed by atoms with E-state index in [0.29, 0.717) is 17.8 Å². The summed E-state index contributed by atoms with van der Waals surface area (Å²) in [7, 11) is 4.00. The van der Waals surface area contributed by atoms with Gasteiger partial charge in [0.05, 0.1) is 6.61 Å². The molecule has 1 aliphatic rings. The van der Waals surface area contributed by atoms with Crippen LogP contribution >= 0.6 is 0 Å².